The molecule has 0 aliphatic carbocycles. The predicted molar refractivity (Wildman–Crippen MR) is 69.3 cm³/mol. The average molecular weight is 252 g/mol. The van der Waals surface area contributed by atoms with E-state index in [1.165, 1.54) is 0 Å². The number of hydrogen-bond donors (Lipinski definition) is 3. The van der Waals surface area contributed by atoms with Crippen LogP contribution in [0.4, 0.5) is 5.82 Å². The standard InChI is InChI=1S/C12H14ClN3O/c1-5-6(2)12(17)10(7(3)11(5)13)8-4-9(14)16-15-8/h4,17H,1-3H3,(H3,14,15,16). The second kappa shape index (κ2) is 3.96. The first-order valence-corrected chi connectivity index (χ1v) is 5.60. The SMILES string of the molecule is Cc1c(C)c(Cl)c(C)c(-c2cc(N)n[nH]2)c1O. The summed E-state index contributed by atoms with van der Waals surface area (Å²) in [7, 11) is 0. The van der Waals surface area contributed by atoms with Crippen LogP contribution < -0.4 is 5.73 Å². The first kappa shape index (κ1) is 11.8. The topological polar surface area (TPSA) is 74.9 Å². The van der Waals surface area contributed by atoms with Crippen LogP contribution in [0, 0.1) is 20.8 Å². The lowest BCUT2D eigenvalue weighted by Crippen LogP contribution is -1.93. The average Bonchev–Trinajstić information content (AvgIpc) is 2.71. The highest BCUT2D eigenvalue weighted by Crippen LogP contribution is 2.40. The van der Waals surface area contributed by atoms with Crippen LogP contribution in [-0.2, 0) is 0 Å². The van der Waals surface area contributed by atoms with Crippen molar-refractivity contribution in [1.82, 2.24) is 10.2 Å². The number of hydrogen-bond acceptors (Lipinski definition) is 3. The quantitative estimate of drug-likeness (QED) is 0.729. The number of anilines is 1. The Morgan fingerprint density at radius 2 is 1.88 bits per heavy atom. The first-order chi connectivity index (χ1) is 7.93. The third-order valence-electron chi connectivity index (χ3n) is 3.05. The number of H-pyrrole nitrogens is 1. The Hall–Kier alpha value is -1.68. The second-order valence-electron chi connectivity index (χ2n) is 4.12. The minimum Gasteiger partial charge on any atom is -0.507 e. The fourth-order valence-electron chi connectivity index (χ4n) is 1.89. The lowest BCUT2D eigenvalue weighted by molar-refractivity contribution is 0.472. The van der Waals surface area contributed by atoms with Crippen LogP contribution in [0.15, 0.2) is 6.07 Å². The summed E-state index contributed by atoms with van der Waals surface area (Å²) in [6, 6.07) is 1.67. The molecule has 1 aromatic carbocycles. The maximum absolute atomic E-state index is 10.2. The van der Waals surface area contributed by atoms with Gasteiger partial charge in [0.05, 0.1) is 5.69 Å². The Labute approximate surface area is 104 Å². The van der Waals surface area contributed by atoms with Crippen LogP contribution in [0.1, 0.15) is 16.7 Å². The summed E-state index contributed by atoms with van der Waals surface area (Å²) in [6.45, 7) is 5.58. The molecule has 2 rings (SSSR count). The minimum absolute atomic E-state index is 0.216. The van der Waals surface area contributed by atoms with Crippen molar-refractivity contribution < 1.29 is 5.11 Å². The number of nitrogen functional groups attached to an aromatic ring is 1. The number of aromatic nitrogens is 2. The Morgan fingerprint density at radius 1 is 1.24 bits per heavy atom. The molecule has 0 spiro atoms. The number of nitrogens with one attached hydrogen (secondary N) is 1. The molecule has 5 heteroatoms. The maximum Gasteiger partial charge on any atom is 0.145 e. The van der Waals surface area contributed by atoms with E-state index >= 15 is 0 Å². The summed E-state index contributed by atoms with van der Waals surface area (Å²) in [5, 5.41) is 17.5. The molecule has 4 nitrogen and oxygen atoms in total. The van der Waals surface area contributed by atoms with Crippen molar-refractivity contribution in [1.29, 1.82) is 0 Å². The number of rotatable bonds is 1. The fourth-order valence-corrected chi connectivity index (χ4v) is 2.13. The summed E-state index contributed by atoms with van der Waals surface area (Å²) < 4.78 is 0. The number of aromatic hydroxyl groups is 1. The van der Waals surface area contributed by atoms with Gasteiger partial charge in [0.1, 0.15) is 11.6 Å². The van der Waals surface area contributed by atoms with Gasteiger partial charge in [-0.3, -0.25) is 5.10 Å². The largest absolute Gasteiger partial charge is 0.507 e. The van der Waals surface area contributed by atoms with Crippen molar-refractivity contribution in [3.8, 4) is 17.0 Å². The lowest BCUT2D eigenvalue weighted by atomic mass is 9.97. The van der Waals surface area contributed by atoms with E-state index in [0.29, 0.717) is 22.1 Å². The number of nitrogens with two attached hydrogens (primary N) is 1. The first-order valence-electron chi connectivity index (χ1n) is 5.23. The van der Waals surface area contributed by atoms with Gasteiger partial charge in [0, 0.05) is 16.7 Å². The number of halogens is 1. The number of phenols is 1. The molecule has 0 saturated heterocycles. The zero-order valence-corrected chi connectivity index (χ0v) is 10.7. The van der Waals surface area contributed by atoms with Crippen LogP contribution >= 0.6 is 11.6 Å². The highest BCUT2D eigenvalue weighted by atomic mass is 35.5. The molecule has 0 atom stereocenters. The van der Waals surface area contributed by atoms with Gasteiger partial charge in [-0.25, -0.2) is 0 Å². The lowest BCUT2D eigenvalue weighted by Gasteiger charge is -2.14. The van der Waals surface area contributed by atoms with Crippen molar-refractivity contribution in [2.75, 3.05) is 5.73 Å². The molecule has 0 radical (unpaired) electrons. The van der Waals surface area contributed by atoms with Gasteiger partial charge in [-0.1, -0.05) is 11.6 Å². The number of phenolic OH excluding ortho intramolecular Hbond substituents is 1. The Kier molecular flexibility index (Phi) is 2.75. The van der Waals surface area contributed by atoms with E-state index < -0.39 is 0 Å². The van der Waals surface area contributed by atoms with Gasteiger partial charge in [-0.2, -0.15) is 5.10 Å². The summed E-state index contributed by atoms with van der Waals surface area (Å²) in [6.07, 6.45) is 0. The van der Waals surface area contributed by atoms with Crippen LogP contribution in [0.3, 0.4) is 0 Å². The normalized spacial score (nSPS) is 10.8. The number of benzene rings is 1. The van der Waals surface area contributed by atoms with Crippen molar-refractivity contribution in [3.05, 3.63) is 27.8 Å². The van der Waals surface area contributed by atoms with E-state index in [4.69, 9.17) is 17.3 Å². The van der Waals surface area contributed by atoms with E-state index in [9.17, 15) is 5.11 Å². The molecular formula is C12H14ClN3O. The molecule has 0 aliphatic rings. The van der Waals surface area contributed by atoms with Gasteiger partial charge >= 0.3 is 0 Å². The van der Waals surface area contributed by atoms with Crippen LogP contribution in [0.5, 0.6) is 5.75 Å². The van der Waals surface area contributed by atoms with Gasteiger partial charge < -0.3 is 10.8 Å². The molecule has 4 N–H and O–H groups in total. The van der Waals surface area contributed by atoms with E-state index in [2.05, 4.69) is 10.2 Å². The van der Waals surface area contributed by atoms with Gasteiger partial charge in [-0.15, -0.1) is 0 Å². The molecule has 90 valence electrons. The van der Waals surface area contributed by atoms with E-state index in [0.717, 1.165) is 16.7 Å². The highest BCUT2D eigenvalue weighted by Gasteiger charge is 2.18. The van der Waals surface area contributed by atoms with Crippen molar-refractivity contribution >= 4 is 17.4 Å². The number of aromatic amines is 1. The Morgan fingerprint density at radius 3 is 2.41 bits per heavy atom. The molecule has 1 heterocycles. The van der Waals surface area contributed by atoms with E-state index in [1.807, 2.05) is 20.8 Å². The van der Waals surface area contributed by atoms with Crippen molar-refractivity contribution in [2.24, 2.45) is 0 Å². The molecule has 0 saturated carbocycles. The van der Waals surface area contributed by atoms with Gasteiger partial charge in [0.2, 0.25) is 0 Å². The Bertz CT molecular complexity index is 561. The summed E-state index contributed by atoms with van der Waals surface area (Å²) >= 11 is 6.24. The van der Waals surface area contributed by atoms with Crippen LogP contribution in [0.2, 0.25) is 5.02 Å². The molecule has 0 unspecified atom stereocenters. The van der Waals surface area contributed by atoms with Crippen molar-refractivity contribution in [2.45, 2.75) is 20.8 Å². The predicted octanol–water partition coefficient (Wildman–Crippen LogP) is 2.94. The van der Waals surface area contributed by atoms with Gasteiger partial charge in [0.15, 0.2) is 0 Å². The number of nitrogens with zero attached hydrogens (tertiary/aromatic N) is 1. The Balaban J connectivity index is 2.78. The smallest absolute Gasteiger partial charge is 0.145 e. The van der Waals surface area contributed by atoms with Crippen LogP contribution in [-0.4, -0.2) is 15.3 Å². The molecule has 2 aromatic rings. The van der Waals surface area contributed by atoms with Gasteiger partial charge in [-0.05, 0) is 37.5 Å². The highest BCUT2D eigenvalue weighted by molar-refractivity contribution is 6.32. The third-order valence-corrected chi connectivity index (χ3v) is 3.62. The third kappa shape index (κ3) is 1.74. The molecule has 17 heavy (non-hydrogen) atoms. The minimum atomic E-state index is 0.216. The maximum atomic E-state index is 10.2. The van der Waals surface area contributed by atoms with E-state index in [1.54, 1.807) is 6.07 Å². The summed E-state index contributed by atoms with van der Waals surface area (Å²) in [5.41, 5.74) is 9.36. The molecule has 0 aliphatic heterocycles. The van der Waals surface area contributed by atoms with Gasteiger partial charge in [0.25, 0.3) is 0 Å². The zero-order valence-electron chi connectivity index (χ0n) is 9.93. The molecular weight excluding hydrogens is 238 g/mol. The van der Waals surface area contributed by atoms with Crippen molar-refractivity contribution in [3.63, 3.8) is 0 Å². The summed E-state index contributed by atoms with van der Waals surface area (Å²) in [5.74, 6) is 0.598. The molecule has 0 amide bonds. The second-order valence-corrected chi connectivity index (χ2v) is 4.50. The molecule has 0 fully saturated rings. The zero-order chi connectivity index (χ0) is 12.7. The molecule has 1 aromatic heterocycles. The fraction of sp³-hybridized carbons (Fsp3) is 0.250. The van der Waals surface area contributed by atoms with E-state index in [-0.39, 0.29) is 5.75 Å². The molecule has 0 bridgehead atoms. The summed E-state index contributed by atoms with van der Waals surface area (Å²) in [4.78, 5) is 0. The van der Waals surface area contributed by atoms with Crippen LogP contribution in [0.25, 0.3) is 11.3 Å². The monoisotopic (exact) mass is 251 g/mol.